The average Bonchev–Trinajstić information content (AvgIpc) is 2.89. The molecule has 0 amide bonds. The van der Waals surface area contributed by atoms with Crippen LogP contribution < -0.4 is 20.6 Å². The van der Waals surface area contributed by atoms with Crippen molar-refractivity contribution in [1.29, 1.82) is 0 Å². The maximum atomic E-state index is 11.1. The largest absolute Gasteiger partial charge is 2.00 e. The summed E-state index contributed by atoms with van der Waals surface area (Å²) in [6, 6.07) is 9.23. The van der Waals surface area contributed by atoms with Crippen LogP contribution in [-0.2, 0) is 37.2 Å². The number of hydrogen-bond donors (Lipinski definition) is 2. The van der Waals surface area contributed by atoms with E-state index in [9.17, 15) is 10.2 Å². The van der Waals surface area contributed by atoms with Gasteiger partial charge in [0.05, 0.1) is 28.2 Å². The Balaban J connectivity index is 0.00000230. The molecule has 8 nitrogen and oxygen atoms in total. The number of phenolic OH excluding ortho intramolecular Hbond substituents is 2. The Kier molecular flexibility index (Phi) is 17.4. The van der Waals surface area contributed by atoms with Crippen LogP contribution in [0.1, 0.15) is 103 Å². The normalized spacial score (nSPS) is 17.0. The van der Waals surface area contributed by atoms with Crippen molar-refractivity contribution in [2.45, 2.75) is 143 Å². The van der Waals surface area contributed by atoms with E-state index in [1.807, 2.05) is 12.4 Å². The quantitative estimate of drug-likeness (QED) is 0.309. The molecule has 0 atom stereocenters. The van der Waals surface area contributed by atoms with E-state index >= 15 is 0 Å². The molecule has 275 valence electrons. The predicted octanol–water partition coefficient (Wildman–Crippen LogP) is 5.14. The first-order valence-corrected chi connectivity index (χ1v) is 23.8. The van der Waals surface area contributed by atoms with Gasteiger partial charge in [-0.2, -0.15) is 0 Å². The van der Waals surface area contributed by atoms with Gasteiger partial charge >= 0.3 is 16.8 Å². The Morgan fingerprint density at radius 1 is 0.653 bits per heavy atom. The third-order valence-electron chi connectivity index (χ3n) is 8.14. The number of carbonyl (C=O) groups excluding carboxylic acids is 2. The fourth-order valence-electron chi connectivity index (χ4n) is 5.25. The molecule has 0 saturated heterocycles. The molecule has 11 heteroatoms. The Hall–Kier alpha value is -2.74. The number of carboxylic acid groups (broad SMARTS) is 2. The summed E-state index contributed by atoms with van der Waals surface area (Å²) in [5, 5.41) is 42.7. The molecule has 0 aliphatic heterocycles. The van der Waals surface area contributed by atoms with E-state index in [1.54, 1.807) is 0 Å². The van der Waals surface area contributed by atoms with E-state index < -0.39 is 28.1 Å². The van der Waals surface area contributed by atoms with Crippen molar-refractivity contribution in [3.05, 3.63) is 46.5 Å². The summed E-state index contributed by atoms with van der Waals surface area (Å²) in [7, 11) is -3.10. The minimum absolute atomic E-state index is 0. The SMILES string of the molecule is CC(=O)[O-].CC(=O)[O-].CC(C)(C)c1cc([Si](C)(C)C)cc(C=NC2CCC(N=Cc3cc([Si](C)(C)C)cc(C(C)(C)C)c3O)CC2)c1O.[Co+2]. The summed E-state index contributed by atoms with van der Waals surface area (Å²) in [4.78, 5) is 27.7. The van der Waals surface area contributed by atoms with Crippen molar-refractivity contribution >= 4 is 50.9 Å². The number of aliphatic carboxylic acids is 2. The molecule has 1 aliphatic rings. The third-order valence-corrected chi connectivity index (χ3v) is 12.2. The second-order valence-electron chi connectivity index (χ2n) is 16.9. The molecular formula is C38H60CoN2O6Si2. The van der Waals surface area contributed by atoms with Gasteiger partial charge < -0.3 is 30.0 Å². The number of rotatable bonds is 6. The molecule has 49 heavy (non-hydrogen) atoms. The van der Waals surface area contributed by atoms with Crippen molar-refractivity contribution < 1.29 is 46.8 Å². The summed E-state index contributed by atoms with van der Waals surface area (Å²) in [6.45, 7) is 29.0. The minimum Gasteiger partial charge on any atom is -0.550 e. The number of phenols is 2. The Morgan fingerprint density at radius 3 is 1.10 bits per heavy atom. The summed E-state index contributed by atoms with van der Waals surface area (Å²) >= 11 is 0. The molecule has 0 heterocycles. The smallest absolute Gasteiger partial charge is 0.550 e. The van der Waals surface area contributed by atoms with Gasteiger partial charge in [-0.3, -0.25) is 9.98 Å². The van der Waals surface area contributed by atoms with E-state index in [0.717, 1.165) is 61.8 Å². The summed E-state index contributed by atoms with van der Waals surface area (Å²) in [5.74, 6) is -1.43. The topological polar surface area (TPSA) is 145 Å². The first-order chi connectivity index (χ1) is 21.6. The molecule has 1 fully saturated rings. The van der Waals surface area contributed by atoms with Gasteiger partial charge in [0, 0.05) is 35.5 Å². The van der Waals surface area contributed by atoms with Gasteiger partial charge in [0.15, 0.2) is 0 Å². The second kappa shape index (κ2) is 18.5. The fraction of sp³-hybridized carbons (Fsp3) is 0.579. The molecule has 0 bridgehead atoms. The predicted molar refractivity (Wildman–Crippen MR) is 202 cm³/mol. The van der Waals surface area contributed by atoms with Crippen LogP contribution in [0.15, 0.2) is 34.3 Å². The summed E-state index contributed by atoms with van der Waals surface area (Å²) in [5.41, 5.74) is 3.44. The van der Waals surface area contributed by atoms with E-state index in [2.05, 4.69) is 105 Å². The fourth-order valence-corrected chi connectivity index (χ4v) is 7.58. The number of carboxylic acids is 2. The Labute approximate surface area is 307 Å². The molecular weight excluding hydrogens is 696 g/mol. The Morgan fingerprint density at radius 2 is 0.898 bits per heavy atom. The minimum atomic E-state index is -1.55. The van der Waals surface area contributed by atoms with Crippen LogP contribution in [-0.4, -0.2) is 62.8 Å². The molecule has 0 spiro atoms. The van der Waals surface area contributed by atoms with Crippen molar-refractivity contribution in [3.63, 3.8) is 0 Å². The molecule has 0 unspecified atom stereocenters. The number of nitrogens with zero attached hydrogens (tertiary/aromatic N) is 2. The summed E-state index contributed by atoms with van der Waals surface area (Å²) < 4.78 is 0. The van der Waals surface area contributed by atoms with Gasteiger partial charge in [-0.15, -0.1) is 0 Å². The van der Waals surface area contributed by atoms with Crippen molar-refractivity contribution in [3.8, 4) is 11.5 Å². The molecule has 2 N–H and O–H groups in total. The number of aliphatic imine (C=N–C) groups is 2. The van der Waals surface area contributed by atoms with Gasteiger partial charge in [-0.05, 0) is 61.5 Å². The first kappa shape index (κ1) is 46.3. The van der Waals surface area contributed by atoms with Crippen LogP contribution in [0.2, 0.25) is 39.3 Å². The maximum absolute atomic E-state index is 11.1. The van der Waals surface area contributed by atoms with E-state index in [1.165, 1.54) is 10.4 Å². The maximum Gasteiger partial charge on any atom is 2.00 e. The number of benzene rings is 2. The average molecular weight is 756 g/mol. The van der Waals surface area contributed by atoms with Gasteiger partial charge in [0.25, 0.3) is 0 Å². The molecule has 0 aromatic heterocycles. The van der Waals surface area contributed by atoms with E-state index in [-0.39, 0.29) is 39.7 Å². The molecule has 3 rings (SSSR count). The van der Waals surface area contributed by atoms with Crippen molar-refractivity contribution in [1.82, 2.24) is 0 Å². The number of hydrogen-bond acceptors (Lipinski definition) is 8. The zero-order valence-electron chi connectivity index (χ0n) is 32.2. The van der Waals surface area contributed by atoms with Crippen LogP contribution in [0.5, 0.6) is 11.5 Å². The molecule has 2 aromatic rings. The molecule has 1 saturated carbocycles. The first-order valence-electron chi connectivity index (χ1n) is 16.8. The number of carbonyl (C=O) groups is 2. The van der Waals surface area contributed by atoms with E-state index in [4.69, 9.17) is 29.8 Å². The van der Waals surface area contributed by atoms with Crippen molar-refractivity contribution in [2.75, 3.05) is 0 Å². The standard InChI is InChI=1S/C34H54N2O2Si2.2C2H4O2.Co/c1-33(2,3)29-19-27(39(7,8)9)17-23(31(29)37)21-35-25-13-15-26(16-14-25)36-22-24-18-28(40(10,11)12)20-30(32(24)38)34(4,5)6;2*1-2(3)4;/h17-22,25-26,37-38H,13-16H2,1-12H3;2*1H3,(H,3,4);/q;;;+2/p-2. The van der Waals surface area contributed by atoms with Gasteiger partial charge in [-0.1, -0.05) is 115 Å². The van der Waals surface area contributed by atoms with Gasteiger partial charge in [0.2, 0.25) is 0 Å². The monoisotopic (exact) mass is 755 g/mol. The van der Waals surface area contributed by atoms with Crippen LogP contribution >= 0.6 is 0 Å². The van der Waals surface area contributed by atoms with E-state index in [0.29, 0.717) is 11.5 Å². The van der Waals surface area contributed by atoms with Crippen LogP contribution in [0.4, 0.5) is 0 Å². The molecule has 1 aliphatic carbocycles. The third kappa shape index (κ3) is 15.8. The van der Waals surface area contributed by atoms with Gasteiger partial charge in [0.1, 0.15) is 11.5 Å². The zero-order chi connectivity index (χ0) is 37.4. The van der Waals surface area contributed by atoms with Crippen molar-refractivity contribution in [2.24, 2.45) is 9.98 Å². The zero-order valence-corrected chi connectivity index (χ0v) is 35.2. The Bertz CT molecular complexity index is 1350. The summed E-state index contributed by atoms with van der Waals surface area (Å²) in [6.07, 6.45) is 7.74. The van der Waals surface area contributed by atoms with Crippen LogP contribution in [0, 0.1) is 0 Å². The number of aromatic hydroxyl groups is 2. The molecule has 1 radical (unpaired) electrons. The second-order valence-corrected chi connectivity index (χ2v) is 27.1. The van der Waals surface area contributed by atoms with Crippen LogP contribution in [0.25, 0.3) is 0 Å². The van der Waals surface area contributed by atoms with Gasteiger partial charge in [-0.25, -0.2) is 0 Å². The van der Waals surface area contributed by atoms with Crippen LogP contribution in [0.3, 0.4) is 0 Å². The molecule has 2 aromatic carbocycles.